The van der Waals surface area contributed by atoms with Crippen molar-refractivity contribution in [2.75, 3.05) is 20.3 Å². The predicted molar refractivity (Wildman–Crippen MR) is 130 cm³/mol. The number of ether oxygens (including phenoxy) is 2. The first-order valence-electron chi connectivity index (χ1n) is 10.9. The number of rotatable bonds is 11. The van der Waals surface area contributed by atoms with Gasteiger partial charge in [0.1, 0.15) is 17.5 Å². The molecule has 0 radical (unpaired) electrons. The second kappa shape index (κ2) is 12.5. The topological polar surface area (TPSA) is 67.9 Å². The van der Waals surface area contributed by atoms with Gasteiger partial charge in [-0.15, -0.1) is 0 Å². The number of methoxy groups -OCH3 is 1. The molecule has 2 amide bonds. The highest BCUT2D eigenvalue weighted by Crippen LogP contribution is 2.26. The average molecular weight is 505 g/mol. The molecule has 0 aromatic heterocycles. The van der Waals surface area contributed by atoms with E-state index in [1.54, 1.807) is 18.9 Å². The van der Waals surface area contributed by atoms with Gasteiger partial charge in [-0.3, -0.25) is 9.59 Å². The number of hydrogen-bond acceptors (Lipinski definition) is 4. The van der Waals surface area contributed by atoms with E-state index in [0.29, 0.717) is 18.0 Å². The van der Waals surface area contributed by atoms with E-state index >= 15 is 0 Å². The van der Waals surface area contributed by atoms with Gasteiger partial charge in [0.15, 0.2) is 6.61 Å². The summed E-state index contributed by atoms with van der Waals surface area (Å²) >= 11 is 3.54. The summed E-state index contributed by atoms with van der Waals surface area (Å²) in [5.41, 5.74) is 2.94. The molecule has 0 saturated carbocycles. The molecule has 7 heteroatoms. The zero-order valence-corrected chi connectivity index (χ0v) is 21.1. The van der Waals surface area contributed by atoms with Gasteiger partial charge in [-0.1, -0.05) is 41.4 Å². The van der Waals surface area contributed by atoms with E-state index in [9.17, 15) is 9.59 Å². The zero-order chi connectivity index (χ0) is 23.7. The highest BCUT2D eigenvalue weighted by molar-refractivity contribution is 9.10. The number of nitrogens with one attached hydrogen (secondary N) is 1. The Morgan fingerprint density at radius 2 is 1.81 bits per heavy atom. The van der Waals surface area contributed by atoms with Crippen molar-refractivity contribution in [2.24, 2.45) is 0 Å². The van der Waals surface area contributed by atoms with Gasteiger partial charge in [-0.2, -0.15) is 0 Å². The van der Waals surface area contributed by atoms with Crippen molar-refractivity contribution in [3.8, 4) is 11.5 Å². The van der Waals surface area contributed by atoms with Crippen molar-refractivity contribution in [1.29, 1.82) is 0 Å². The van der Waals surface area contributed by atoms with Gasteiger partial charge in [-0.05, 0) is 68.1 Å². The molecule has 2 rings (SSSR count). The maximum atomic E-state index is 13.2. The van der Waals surface area contributed by atoms with Gasteiger partial charge in [0.25, 0.3) is 5.91 Å². The third kappa shape index (κ3) is 7.26. The lowest BCUT2D eigenvalue weighted by molar-refractivity contribution is -0.142. The smallest absolute Gasteiger partial charge is 0.261 e. The number of benzene rings is 2. The highest BCUT2D eigenvalue weighted by atomic mass is 79.9. The van der Waals surface area contributed by atoms with Crippen LogP contribution in [0.5, 0.6) is 11.5 Å². The van der Waals surface area contributed by atoms with Gasteiger partial charge < -0.3 is 19.7 Å². The summed E-state index contributed by atoms with van der Waals surface area (Å²) in [6.45, 7) is 8.48. The van der Waals surface area contributed by atoms with Crippen LogP contribution in [0.1, 0.15) is 43.4 Å². The van der Waals surface area contributed by atoms with Crippen molar-refractivity contribution in [2.45, 2.75) is 53.1 Å². The van der Waals surface area contributed by atoms with Crippen LogP contribution >= 0.6 is 15.9 Å². The molecule has 0 aliphatic rings. The molecule has 0 heterocycles. The van der Waals surface area contributed by atoms with Crippen LogP contribution in [0.2, 0.25) is 0 Å². The van der Waals surface area contributed by atoms with Crippen molar-refractivity contribution in [3.05, 3.63) is 57.6 Å². The number of amides is 2. The van der Waals surface area contributed by atoms with Crippen molar-refractivity contribution < 1.29 is 19.1 Å². The number of aryl methyl sites for hydroxylation is 2. The zero-order valence-electron chi connectivity index (χ0n) is 19.5. The fraction of sp³-hybridized carbons (Fsp3) is 0.440. The van der Waals surface area contributed by atoms with Crippen LogP contribution in [-0.2, 0) is 16.1 Å². The minimum Gasteiger partial charge on any atom is -0.497 e. The third-order valence-electron chi connectivity index (χ3n) is 5.26. The maximum absolute atomic E-state index is 13.2. The molecular formula is C25H33BrN2O4. The third-order valence-corrected chi connectivity index (χ3v) is 6.51. The molecule has 0 fully saturated rings. The molecule has 0 spiro atoms. The fourth-order valence-electron chi connectivity index (χ4n) is 3.30. The first kappa shape index (κ1) is 25.7. The lowest BCUT2D eigenvalue weighted by atomic mass is 10.1. The summed E-state index contributed by atoms with van der Waals surface area (Å²) in [4.78, 5) is 27.4. The molecule has 1 N–H and O–H groups in total. The lowest BCUT2D eigenvalue weighted by Crippen LogP contribution is -2.49. The summed E-state index contributed by atoms with van der Waals surface area (Å²) in [5, 5.41) is 2.92. The monoisotopic (exact) mass is 504 g/mol. The van der Waals surface area contributed by atoms with E-state index in [1.165, 1.54) is 0 Å². The number of nitrogens with zero attached hydrogens (tertiary/aromatic N) is 1. The number of carbonyl (C=O) groups is 2. The van der Waals surface area contributed by atoms with Crippen LogP contribution < -0.4 is 14.8 Å². The molecule has 32 heavy (non-hydrogen) atoms. The molecule has 1 atom stereocenters. The van der Waals surface area contributed by atoms with E-state index in [-0.39, 0.29) is 25.0 Å². The average Bonchev–Trinajstić information content (AvgIpc) is 2.79. The second-order valence-electron chi connectivity index (χ2n) is 7.85. The molecule has 0 bridgehead atoms. The van der Waals surface area contributed by atoms with Crippen LogP contribution in [0.4, 0.5) is 0 Å². The van der Waals surface area contributed by atoms with Gasteiger partial charge in [-0.25, -0.2) is 0 Å². The lowest BCUT2D eigenvalue weighted by Gasteiger charge is -2.29. The quantitative estimate of drug-likeness (QED) is 0.446. The second-order valence-corrected chi connectivity index (χ2v) is 8.65. The Morgan fingerprint density at radius 1 is 1.12 bits per heavy atom. The van der Waals surface area contributed by atoms with Crippen LogP contribution in [0.25, 0.3) is 0 Å². The summed E-state index contributed by atoms with van der Waals surface area (Å²) in [7, 11) is 1.60. The molecule has 2 aromatic rings. The molecule has 0 aliphatic heterocycles. The summed E-state index contributed by atoms with van der Waals surface area (Å²) in [6.07, 6.45) is 1.88. The van der Waals surface area contributed by atoms with Crippen LogP contribution in [0, 0.1) is 13.8 Å². The number of unbranched alkanes of at least 4 members (excludes halogenated alkanes) is 1. The Kier molecular flexibility index (Phi) is 10.0. The van der Waals surface area contributed by atoms with Gasteiger partial charge in [0.2, 0.25) is 5.91 Å². The Morgan fingerprint density at radius 3 is 2.44 bits per heavy atom. The first-order valence-corrected chi connectivity index (χ1v) is 11.7. The van der Waals surface area contributed by atoms with Gasteiger partial charge >= 0.3 is 0 Å². The summed E-state index contributed by atoms with van der Waals surface area (Å²) in [6, 6.07) is 10.6. The van der Waals surface area contributed by atoms with Gasteiger partial charge in [0.05, 0.1) is 7.11 Å². The molecule has 174 valence electrons. The van der Waals surface area contributed by atoms with E-state index in [4.69, 9.17) is 9.47 Å². The standard InChI is InChI=1S/C25H33BrN2O4/c1-6-7-11-27-25(30)19(4)28(15-20-9-8-10-21(14-20)31-5)23(29)16-32-22-12-17(2)24(26)18(3)13-22/h8-10,12-14,19H,6-7,11,15-16H2,1-5H3,(H,27,30)/t19-/m0/s1. The van der Waals surface area contributed by atoms with E-state index in [1.807, 2.05) is 50.2 Å². The van der Waals surface area contributed by atoms with Crippen LogP contribution in [0.15, 0.2) is 40.9 Å². The summed E-state index contributed by atoms with van der Waals surface area (Å²) in [5.74, 6) is 0.888. The highest BCUT2D eigenvalue weighted by Gasteiger charge is 2.26. The van der Waals surface area contributed by atoms with E-state index < -0.39 is 6.04 Å². The van der Waals surface area contributed by atoms with Crippen LogP contribution in [0.3, 0.4) is 0 Å². The van der Waals surface area contributed by atoms with Gasteiger partial charge in [0, 0.05) is 17.6 Å². The molecular weight excluding hydrogens is 472 g/mol. The maximum Gasteiger partial charge on any atom is 0.261 e. The minimum atomic E-state index is -0.637. The largest absolute Gasteiger partial charge is 0.497 e. The number of carbonyl (C=O) groups excluding carboxylic acids is 2. The molecule has 0 saturated heterocycles. The van der Waals surface area contributed by atoms with Crippen molar-refractivity contribution >= 4 is 27.7 Å². The predicted octanol–water partition coefficient (Wildman–Crippen LogP) is 4.79. The Balaban J connectivity index is 2.17. The normalized spacial score (nSPS) is 11.6. The summed E-state index contributed by atoms with van der Waals surface area (Å²) < 4.78 is 12.1. The molecule has 0 unspecified atom stereocenters. The number of hydrogen-bond donors (Lipinski definition) is 1. The molecule has 0 aliphatic carbocycles. The van der Waals surface area contributed by atoms with Crippen LogP contribution in [-0.4, -0.2) is 43.0 Å². The van der Waals surface area contributed by atoms with E-state index in [2.05, 4.69) is 28.2 Å². The minimum absolute atomic E-state index is 0.156. The first-order chi connectivity index (χ1) is 15.3. The molecule has 2 aromatic carbocycles. The van der Waals surface area contributed by atoms with Crippen molar-refractivity contribution in [1.82, 2.24) is 10.2 Å². The Labute approximate surface area is 199 Å². The SMILES string of the molecule is CCCCNC(=O)[C@H](C)N(Cc1cccc(OC)c1)C(=O)COc1cc(C)c(Br)c(C)c1. The fourth-order valence-corrected chi connectivity index (χ4v) is 3.53. The number of halogens is 1. The van der Waals surface area contributed by atoms with E-state index in [0.717, 1.165) is 34.0 Å². The molecule has 6 nitrogen and oxygen atoms in total. The Hall–Kier alpha value is -2.54. The van der Waals surface area contributed by atoms with Crippen molar-refractivity contribution in [3.63, 3.8) is 0 Å². The Bertz CT molecular complexity index is 909.